The largest absolute Gasteiger partial charge is 0.494 e. The Balaban J connectivity index is 1.53. The van der Waals surface area contributed by atoms with Gasteiger partial charge in [0.05, 0.1) is 18.9 Å². The topological polar surface area (TPSA) is 79.0 Å². The lowest BCUT2D eigenvalue weighted by Gasteiger charge is -2.19. The second kappa shape index (κ2) is 9.47. The van der Waals surface area contributed by atoms with Gasteiger partial charge < -0.3 is 15.0 Å². The monoisotopic (exact) mass is 413 g/mol. The quantitative estimate of drug-likeness (QED) is 0.744. The van der Waals surface area contributed by atoms with E-state index in [-0.39, 0.29) is 29.5 Å². The third-order valence-electron chi connectivity index (χ3n) is 4.39. The van der Waals surface area contributed by atoms with Crippen LogP contribution in [0.4, 0.5) is 15.3 Å². The van der Waals surface area contributed by atoms with Crippen molar-refractivity contribution in [3.05, 3.63) is 59.7 Å². The van der Waals surface area contributed by atoms with Crippen molar-refractivity contribution in [2.45, 2.75) is 20.0 Å². The lowest BCUT2D eigenvalue weighted by Crippen LogP contribution is -2.30. The molecule has 1 fully saturated rings. The Hall–Kier alpha value is -3.00. The average molecular weight is 413 g/mol. The van der Waals surface area contributed by atoms with Crippen molar-refractivity contribution < 1.29 is 19.1 Å². The summed E-state index contributed by atoms with van der Waals surface area (Å²) in [5.41, 5.74) is 2.47. The SMILES string of the molecule is CCOc1ccc(CN(C)C(=O)Nc2ccc(CN3C(=O)CSC3=O)cc2)cc1. The van der Waals surface area contributed by atoms with E-state index in [2.05, 4.69) is 5.32 Å². The van der Waals surface area contributed by atoms with Crippen LogP contribution in [0.5, 0.6) is 5.75 Å². The number of carbonyl (C=O) groups excluding carboxylic acids is 3. The number of nitrogens with zero attached hydrogens (tertiary/aromatic N) is 2. The number of carbonyl (C=O) groups is 3. The van der Waals surface area contributed by atoms with Crippen molar-refractivity contribution in [3.63, 3.8) is 0 Å². The second-order valence-corrected chi connectivity index (χ2v) is 7.52. The molecule has 1 N–H and O–H groups in total. The number of hydrogen-bond donors (Lipinski definition) is 1. The number of urea groups is 1. The molecule has 0 saturated carbocycles. The molecular weight excluding hydrogens is 390 g/mol. The highest BCUT2D eigenvalue weighted by Crippen LogP contribution is 2.22. The van der Waals surface area contributed by atoms with E-state index in [9.17, 15) is 14.4 Å². The van der Waals surface area contributed by atoms with Crippen LogP contribution in [-0.2, 0) is 17.9 Å². The fourth-order valence-corrected chi connectivity index (χ4v) is 3.56. The minimum Gasteiger partial charge on any atom is -0.494 e. The summed E-state index contributed by atoms with van der Waals surface area (Å²) in [6.45, 7) is 3.26. The Kier molecular flexibility index (Phi) is 6.77. The molecule has 1 aliphatic heterocycles. The van der Waals surface area contributed by atoms with Crippen LogP contribution in [0.3, 0.4) is 0 Å². The fraction of sp³-hybridized carbons (Fsp3) is 0.286. The predicted molar refractivity (Wildman–Crippen MR) is 113 cm³/mol. The lowest BCUT2D eigenvalue weighted by atomic mass is 10.2. The highest BCUT2D eigenvalue weighted by molar-refractivity contribution is 8.14. The predicted octanol–water partition coefficient (Wildman–Crippen LogP) is 3.94. The summed E-state index contributed by atoms with van der Waals surface area (Å²) < 4.78 is 5.42. The minimum absolute atomic E-state index is 0.173. The van der Waals surface area contributed by atoms with E-state index >= 15 is 0 Å². The molecule has 3 rings (SSSR count). The van der Waals surface area contributed by atoms with Crippen LogP contribution in [0.1, 0.15) is 18.1 Å². The molecule has 1 aliphatic rings. The molecule has 0 atom stereocenters. The van der Waals surface area contributed by atoms with Gasteiger partial charge in [0.2, 0.25) is 5.91 Å². The molecule has 152 valence electrons. The first-order valence-corrected chi connectivity index (χ1v) is 10.2. The number of benzene rings is 2. The highest BCUT2D eigenvalue weighted by Gasteiger charge is 2.29. The normalized spacial score (nSPS) is 13.5. The highest BCUT2D eigenvalue weighted by atomic mass is 32.2. The van der Waals surface area contributed by atoms with Crippen molar-refractivity contribution in [1.29, 1.82) is 0 Å². The number of amides is 4. The van der Waals surface area contributed by atoms with Crippen LogP contribution in [-0.4, -0.2) is 46.4 Å². The standard InChI is InChI=1S/C21H23N3O4S/c1-3-28-18-10-6-15(7-11-18)12-23(2)20(26)22-17-8-4-16(5-9-17)13-24-19(25)14-29-21(24)27/h4-11H,3,12-14H2,1-2H3,(H,22,26). The van der Waals surface area contributed by atoms with Crippen molar-refractivity contribution in [3.8, 4) is 5.75 Å². The maximum atomic E-state index is 12.4. The molecule has 0 radical (unpaired) electrons. The van der Waals surface area contributed by atoms with E-state index in [0.29, 0.717) is 18.8 Å². The molecule has 2 aromatic carbocycles. The molecular formula is C21H23N3O4S. The van der Waals surface area contributed by atoms with Gasteiger partial charge in [0.25, 0.3) is 5.24 Å². The van der Waals surface area contributed by atoms with Crippen LogP contribution in [0.15, 0.2) is 48.5 Å². The van der Waals surface area contributed by atoms with Crippen molar-refractivity contribution in [1.82, 2.24) is 9.80 Å². The number of ether oxygens (including phenoxy) is 1. The Bertz CT molecular complexity index is 868. The maximum absolute atomic E-state index is 12.4. The molecule has 4 amide bonds. The zero-order valence-electron chi connectivity index (χ0n) is 16.4. The van der Waals surface area contributed by atoms with Gasteiger partial charge in [-0.1, -0.05) is 36.0 Å². The van der Waals surface area contributed by atoms with Gasteiger partial charge in [-0.2, -0.15) is 0 Å². The van der Waals surface area contributed by atoms with Crippen molar-refractivity contribution in [2.75, 3.05) is 24.7 Å². The molecule has 0 spiro atoms. The zero-order chi connectivity index (χ0) is 20.8. The van der Waals surface area contributed by atoms with Gasteiger partial charge in [0, 0.05) is 19.3 Å². The fourth-order valence-electron chi connectivity index (χ4n) is 2.83. The first kappa shape index (κ1) is 20.7. The van der Waals surface area contributed by atoms with Crippen LogP contribution < -0.4 is 10.1 Å². The Labute approximate surface area is 174 Å². The van der Waals surface area contributed by atoms with Crippen LogP contribution in [0, 0.1) is 0 Å². The van der Waals surface area contributed by atoms with E-state index in [0.717, 1.165) is 28.6 Å². The number of nitrogens with one attached hydrogen (secondary N) is 1. The van der Waals surface area contributed by atoms with E-state index in [1.165, 1.54) is 4.90 Å². The summed E-state index contributed by atoms with van der Waals surface area (Å²) >= 11 is 1.02. The Morgan fingerprint density at radius 2 is 1.76 bits per heavy atom. The molecule has 1 heterocycles. The molecule has 1 saturated heterocycles. The van der Waals surface area contributed by atoms with Gasteiger partial charge >= 0.3 is 6.03 Å². The Morgan fingerprint density at radius 1 is 1.10 bits per heavy atom. The molecule has 0 unspecified atom stereocenters. The molecule has 0 aliphatic carbocycles. The van der Waals surface area contributed by atoms with Gasteiger partial charge in [-0.05, 0) is 42.3 Å². The number of hydrogen-bond acceptors (Lipinski definition) is 5. The van der Waals surface area contributed by atoms with E-state index in [1.807, 2.05) is 31.2 Å². The molecule has 0 aromatic heterocycles. The first-order chi connectivity index (χ1) is 14.0. The number of thioether (sulfide) groups is 1. The van der Waals surface area contributed by atoms with Gasteiger partial charge in [0.1, 0.15) is 5.75 Å². The summed E-state index contributed by atoms with van der Waals surface area (Å²) in [5, 5.41) is 2.62. The van der Waals surface area contributed by atoms with Gasteiger partial charge in [-0.25, -0.2) is 4.79 Å². The van der Waals surface area contributed by atoms with Gasteiger partial charge in [-0.3, -0.25) is 14.5 Å². The van der Waals surface area contributed by atoms with E-state index in [4.69, 9.17) is 4.74 Å². The number of imide groups is 1. The molecule has 2 aromatic rings. The summed E-state index contributed by atoms with van der Waals surface area (Å²) in [7, 11) is 1.72. The summed E-state index contributed by atoms with van der Waals surface area (Å²) in [6.07, 6.45) is 0. The van der Waals surface area contributed by atoms with Crippen molar-refractivity contribution >= 4 is 34.6 Å². The lowest BCUT2D eigenvalue weighted by molar-refractivity contribution is -0.125. The summed E-state index contributed by atoms with van der Waals surface area (Å²) in [6, 6.07) is 14.5. The van der Waals surface area contributed by atoms with Crippen molar-refractivity contribution in [2.24, 2.45) is 0 Å². The minimum atomic E-state index is -0.229. The van der Waals surface area contributed by atoms with E-state index < -0.39 is 0 Å². The van der Waals surface area contributed by atoms with Gasteiger partial charge in [0.15, 0.2) is 0 Å². The van der Waals surface area contributed by atoms with Crippen LogP contribution in [0.25, 0.3) is 0 Å². The smallest absolute Gasteiger partial charge is 0.321 e. The maximum Gasteiger partial charge on any atom is 0.321 e. The Morgan fingerprint density at radius 3 is 2.34 bits per heavy atom. The number of rotatable bonds is 7. The first-order valence-electron chi connectivity index (χ1n) is 9.26. The third kappa shape index (κ3) is 5.51. The zero-order valence-corrected chi connectivity index (χ0v) is 17.2. The second-order valence-electron chi connectivity index (χ2n) is 6.59. The molecule has 29 heavy (non-hydrogen) atoms. The summed E-state index contributed by atoms with van der Waals surface area (Å²) in [5.74, 6) is 0.834. The van der Waals surface area contributed by atoms with Gasteiger partial charge in [-0.15, -0.1) is 0 Å². The average Bonchev–Trinajstić information content (AvgIpc) is 3.03. The third-order valence-corrected chi connectivity index (χ3v) is 5.25. The summed E-state index contributed by atoms with van der Waals surface area (Å²) in [4.78, 5) is 38.6. The molecule has 0 bridgehead atoms. The molecule has 7 nitrogen and oxygen atoms in total. The van der Waals surface area contributed by atoms with E-state index in [1.54, 1.807) is 36.2 Å². The van der Waals surface area contributed by atoms with Crippen LogP contribution >= 0.6 is 11.8 Å². The number of anilines is 1. The molecule has 8 heteroatoms. The van der Waals surface area contributed by atoms with Crippen LogP contribution in [0.2, 0.25) is 0 Å².